The number of carbonyl (C=O) groups excluding carboxylic acids is 1. The number of hydrogen-bond donors (Lipinski definition) is 1. The number of hydrogen-bond acceptors (Lipinski definition) is 3. The van der Waals surface area contributed by atoms with Crippen molar-refractivity contribution >= 4 is 12.0 Å². The second-order valence-corrected chi connectivity index (χ2v) is 6.39. The number of nitrogens with zero attached hydrogens (tertiary/aromatic N) is 3. The molecule has 2 aliphatic heterocycles. The lowest BCUT2D eigenvalue weighted by atomic mass is 9.99. The molecule has 0 aromatic heterocycles. The monoisotopic (exact) mass is 283 g/mol. The zero-order valence-corrected chi connectivity index (χ0v) is 12.8. The number of carboxylic acids is 1. The average Bonchev–Trinajstić information content (AvgIpc) is 2.78. The molecule has 0 aromatic carbocycles. The van der Waals surface area contributed by atoms with Crippen LogP contribution < -0.4 is 0 Å². The Bertz CT molecular complexity index is 402. The lowest BCUT2D eigenvalue weighted by Gasteiger charge is -2.45. The van der Waals surface area contributed by atoms with Gasteiger partial charge in [0.05, 0.1) is 0 Å². The molecule has 3 atom stereocenters. The number of piperazine rings is 1. The van der Waals surface area contributed by atoms with Gasteiger partial charge in [-0.1, -0.05) is 0 Å². The van der Waals surface area contributed by atoms with Crippen LogP contribution in [0.15, 0.2) is 0 Å². The topological polar surface area (TPSA) is 64.1 Å². The quantitative estimate of drug-likeness (QED) is 0.782. The van der Waals surface area contributed by atoms with Crippen LogP contribution in [0.25, 0.3) is 0 Å². The number of carboxylic acid groups (broad SMARTS) is 1. The van der Waals surface area contributed by atoms with Crippen LogP contribution in [-0.2, 0) is 4.79 Å². The van der Waals surface area contributed by atoms with Gasteiger partial charge in [-0.3, -0.25) is 4.90 Å². The molecule has 20 heavy (non-hydrogen) atoms. The van der Waals surface area contributed by atoms with E-state index in [4.69, 9.17) is 0 Å². The number of likely N-dealkylation sites (N-methyl/N-ethyl adjacent to an activating group) is 1. The van der Waals surface area contributed by atoms with E-state index in [1.165, 1.54) is 0 Å². The summed E-state index contributed by atoms with van der Waals surface area (Å²) in [5.41, 5.74) is -1.05. The number of aliphatic carboxylic acids is 1. The lowest BCUT2D eigenvalue weighted by Crippen LogP contribution is -2.62. The molecular formula is C14H25N3O3. The van der Waals surface area contributed by atoms with Gasteiger partial charge in [0.1, 0.15) is 5.54 Å². The maximum Gasteiger partial charge on any atom is 0.329 e. The Kier molecular flexibility index (Phi) is 3.95. The number of amides is 2. The maximum atomic E-state index is 12.7. The number of carbonyl (C=O) groups is 2. The van der Waals surface area contributed by atoms with Gasteiger partial charge in [-0.05, 0) is 40.7 Å². The van der Waals surface area contributed by atoms with Gasteiger partial charge in [0, 0.05) is 31.7 Å². The Morgan fingerprint density at radius 1 is 1.20 bits per heavy atom. The van der Waals surface area contributed by atoms with Crippen LogP contribution >= 0.6 is 0 Å². The van der Waals surface area contributed by atoms with Crippen LogP contribution in [0.3, 0.4) is 0 Å². The van der Waals surface area contributed by atoms with Gasteiger partial charge < -0.3 is 14.9 Å². The summed E-state index contributed by atoms with van der Waals surface area (Å²) in [5, 5.41) is 9.42. The summed E-state index contributed by atoms with van der Waals surface area (Å²) in [5.74, 6) is -0.904. The van der Waals surface area contributed by atoms with Gasteiger partial charge >= 0.3 is 12.0 Å². The Labute approximate surface area is 120 Å². The van der Waals surface area contributed by atoms with Gasteiger partial charge in [-0.25, -0.2) is 9.59 Å². The Morgan fingerprint density at radius 3 is 2.25 bits per heavy atom. The highest BCUT2D eigenvalue weighted by Gasteiger charge is 2.47. The summed E-state index contributed by atoms with van der Waals surface area (Å²) in [6, 6.07) is 0.460. The van der Waals surface area contributed by atoms with E-state index in [0.717, 1.165) is 6.42 Å². The normalized spacial score (nSPS) is 35.4. The fourth-order valence-corrected chi connectivity index (χ4v) is 3.22. The molecule has 0 aromatic rings. The zero-order valence-electron chi connectivity index (χ0n) is 12.8. The molecule has 6 nitrogen and oxygen atoms in total. The van der Waals surface area contributed by atoms with Crippen LogP contribution in [-0.4, -0.2) is 76.1 Å². The largest absolute Gasteiger partial charge is 0.480 e. The van der Waals surface area contributed by atoms with E-state index in [0.29, 0.717) is 38.1 Å². The minimum atomic E-state index is -1.05. The smallest absolute Gasteiger partial charge is 0.329 e. The summed E-state index contributed by atoms with van der Waals surface area (Å²) < 4.78 is 0. The Morgan fingerprint density at radius 2 is 1.75 bits per heavy atom. The van der Waals surface area contributed by atoms with Crippen molar-refractivity contribution in [3.8, 4) is 0 Å². The summed E-state index contributed by atoms with van der Waals surface area (Å²) >= 11 is 0. The molecule has 0 spiro atoms. The van der Waals surface area contributed by atoms with E-state index in [9.17, 15) is 14.7 Å². The van der Waals surface area contributed by atoms with Crippen molar-refractivity contribution in [3.63, 3.8) is 0 Å². The van der Waals surface area contributed by atoms with Crippen LogP contribution in [0.5, 0.6) is 0 Å². The first kappa shape index (κ1) is 15.1. The molecule has 2 aliphatic rings. The molecule has 6 heteroatoms. The van der Waals surface area contributed by atoms with Crippen molar-refractivity contribution in [2.24, 2.45) is 0 Å². The molecule has 0 saturated carbocycles. The molecule has 2 fully saturated rings. The summed E-state index contributed by atoms with van der Waals surface area (Å²) in [7, 11) is 2.06. The highest BCUT2D eigenvalue weighted by Crippen LogP contribution is 2.31. The van der Waals surface area contributed by atoms with Gasteiger partial charge in [-0.15, -0.1) is 0 Å². The highest BCUT2D eigenvalue weighted by atomic mass is 16.4. The fourth-order valence-electron chi connectivity index (χ4n) is 3.22. The number of likely N-dealkylation sites (tertiary alicyclic amines) is 1. The standard InChI is InChI=1S/C14H25N3O3/c1-10-8-16(9-11(2)15(10)4)13(20)17-7-5-6-14(17,3)12(18)19/h10-11H,5-9H2,1-4H3,(H,18,19). The second kappa shape index (κ2) is 5.24. The fraction of sp³-hybridized carbons (Fsp3) is 0.857. The van der Waals surface area contributed by atoms with Crippen LogP contribution in [0.2, 0.25) is 0 Å². The molecule has 1 N–H and O–H groups in total. The van der Waals surface area contributed by atoms with Gasteiger partial charge in [0.25, 0.3) is 0 Å². The van der Waals surface area contributed by atoms with Gasteiger partial charge in [0.15, 0.2) is 0 Å². The molecule has 2 amide bonds. The van der Waals surface area contributed by atoms with Gasteiger partial charge in [-0.2, -0.15) is 0 Å². The van der Waals surface area contributed by atoms with Crippen molar-refractivity contribution < 1.29 is 14.7 Å². The first-order chi connectivity index (χ1) is 9.27. The summed E-state index contributed by atoms with van der Waals surface area (Å²) in [4.78, 5) is 29.8. The third kappa shape index (κ3) is 2.37. The predicted octanol–water partition coefficient (Wildman–Crippen LogP) is 1.07. The van der Waals surface area contributed by atoms with Crippen molar-refractivity contribution in [2.45, 2.75) is 51.2 Å². The van der Waals surface area contributed by atoms with E-state index in [1.54, 1.807) is 11.8 Å². The first-order valence-electron chi connectivity index (χ1n) is 7.29. The minimum Gasteiger partial charge on any atom is -0.480 e. The van der Waals surface area contributed by atoms with Crippen molar-refractivity contribution in [3.05, 3.63) is 0 Å². The lowest BCUT2D eigenvalue weighted by molar-refractivity contribution is -0.147. The third-order valence-electron chi connectivity index (χ3n) is 4.96. The molecule has 2 rings (SSSR count). The highest BCUT2D eigenvalue weighted by molar-refractivity contribution is 5.86. The van der Waals surface area contributed by atoms with E-state index in [2.05, 4.69) is 25.8 Å². The molecule has 3 unspecified atom stereocenters. The van der Waals surface area contributed by atoms with E-state index >= 15 is 0 Å². The average molecular weight is 283 g/mol. The maximum absolute atomic E-state index is 12.7. The molecule has 0 aliphatic carbocycles. The van der Waals surface area contributed by atoms with Crippen LogP contribution in [0.4, 0.5) is 4.79 Å². The van der Waals surface area contributed by atoms with Crippen molar-refractivity contribution in [2.75, 3.05) is 26.7 Å². The molecule has 2 saturated heterocycles. The molecule has 0 radical (unpaired) electrons. The first-order valence-corrected chi connectivity index (χ1v) is 7.29. The van der Waals surface area contributed by atoms with E-state index in [1.807, 2.05) is 4.90 Å². The molecule has 114 valence electrons. The minimum absolute atomic E-state index is 0.126. The SMILES string of the molecule is CC1CN(C(=O)N2CCCC2(C)C(=O)O)CC(C)N1C. The predicted molar refractivity (Wildman–Crippen MR) is 75.6 cm³/mol. The molecule has 2 heterocycles. The van der Waals surface area contributed by atoms with Crippen molar-refractivity contribution in [1.29, 1.82) is 0 Å². The van der Waals surface area contributed by atoms with Crippen LogP contribution in [0, 0.1) is 0 Å². The van der Waals surface area contributed by atoms with E-state index < -0.39 is 11.5 Å². The van der Waals surface area contributed by atoms with Gasteiger partial charge in [0.2, 0.25) is 0 Å². The van der Waals surface area contributed by atoms with Crippen molar-refractivity contribution in [1.82, 2.24) is 14.7 Å². The summed E-state index contributed by atoms with van der Waals surface area (Å²) in [6.07, 6.45) is 1.29. The third-order valence-corrected chi connectivity index (χ3v) is 4.96. The number of rotatable bonds is 1. The van der Waals surface area contributed by atoms with E-state index in [-0.39, 0.29) is 6.03 Å². The second-order valence-electron chi connectivity index (χ2n) is 6.39. The Hall–Kier alpha value is -1.30. The molecule has 0 bridgehead atoms. The molecular weight excluding hydrogens is 258 g/mol. The zero-order chi connectivity index (χ0) is 15.1. The Balaban J connectivity index is 2.13. The number of urea groups is 1. The summed E-state index contributed by atoms with van der Waals surface area (Å²) in [6.45, 7) is 7.70. The van der Waals surface area contributed by atoms with Crippen LogP contribution in [0.1, 0.15) is 33.6 Å².